The van der Waals surface area contributed by atoms with Crippen LogP contribution in [0.4, 0.5) is 11.5 Å². The minimum Gasteiger partial charge on any atom is -0.508 e. The predicted octanol–water partition coefficient (Wildman–Crippen LogP) is 4.13. The average Bonchev–Trinajstić information content (AvgIpc) is 3.02. The van der Waals surface area contributed by atoms with Crippen LogP contribution in [0.2, 0.25) is 5.02 Å². The van der Waals surface area contributed by atoms with Gasteiger partial charge in [-0.15, -0.1) is 15.3 Å². The van der Waals surface area contributed by atoms with Gasteiger partial charge in [-0.3, -0.25) is 0 Å². The van der Waals surface area contributed by atoms with E-state index < -0.39 is 0 Å². The third kappa shape index (κ3) is 3.32. The summed E-state index contributed by atoms with van der Waals surface area (Å²) in [6.45, 7) is 1.96. The minimum atomic E-state index is 0.239. The van der Waals surface area contributed by atoms with E-state index >= 15 is 0 Å². The molecule has 0 atom stereocenters. The molecule has 2 aromatic carbocycles. The highest BCUT2D eigenvalue weighted by molar-refractivity contribution is 6.31. The van der Waals surface area contributed by atoms with Crippen molar-refractivity contribution in [3.63, 3.8) is 0 Å². The molecule has 0 spiro atoms. The van der Waals surface area contributed by atoms with Crippen molar-refractivity contribution < 1.29 is 5.11 Å². The summed E-state index contributed by atoms with van der Waals surface area (Å²) in [5.41, 5.74) is 3.60. The second kappa shape index (κ2) is 6.65. The number of aromatic hydroxyl groups is 1. The van der Waals surface area contributed by atoms with Crippen molar-refractivity contribution in [1.29, 1.82) is 0 Å². The van der Waals surface area contributed by atoms with E-state index in [1.807, 2.05) is 49.4 Å². The number of hydrogen-bond donors (Lipinski definition) is 2. The lowest BCUT2D eigenvalue weighted by molar-refractivity contribution is 0.475. The Morgan fingerprint density at radius 3 is 2.62 bits per heavy atom. The SMILES string of the molecule is Cc1cc(Nc2ccc3nnc(Cc4ccc(O)cc4)n3n2)ccc1Cl. The number of phenols is 1. The molecule has 0 aliphatic carbocycles. The molecular formula is C19H16ClN5O. The molecule has 0 fully saturated rings. The molecule has 0 aliphatic rings. The summed E-state index contributed by atoms with van der Waals surface area (Å²) in [5, 5.41) is 26.4. The number of aromatic nitrogens is 4. The Morgan fingerprint density at radius 2 is 1.85 bits per heavy atom. The molecule has 2 aromatic heterocycles. The smallest absolute Gasteiger partial charge is 0.178 e. The molecule has 0 saturated heterocycles. The Bertz CT molecular complexity index is 1080. The van der Waals surface area contributed by atoms with Crippen molar-refractivity contribution in [3.05, 3.63) is 76.6 Å². The van der Waals surface area contributed by atoms with Crippen molar-refractivity contribution in [3.8, 4) is 5.75 Å². The van der Waals surface area contributed by atoms with Gasteiger partial charge in [0.2, 0.25) is 0 Å². The maximum atomic E-state index is 9.41. The number of anilines is 2. The molecule has 4 aromatic rings. The van der Waals surface area contributed by atoms with E-state index in [0.717, 1.165) is 27.7 Å². The van der Waals surface area contributed by atoms with Crippen molar-refractivity contribution in [2.45, 2.75) is 13.3 Å². The van der Waals surface area contributed by atoms with Crippen molar-refractivity contribution >= 4 is 28.8 Å². The number of rotatable bonds is 4. The van der Waals surface area contributed by atoms with Crippen LogP contribution >= 0.6 is 11.6 Å². The fourth-order valence-corrected chi connectivity index (χ4v) is 2.79. The number of nitrogens with zero attached hydrogens (tertiary/aromatic N) is 4. The molecule has 0 radical (unpaired) electrons. The second-order valence-corrected chi connectivity index (χ2v) is 6.44. The fourth-order valence-electron chi connectivity index (χ4n) is 2.68. The lowest BCUT2D eigenvalue weighted by Gasteiger charge is -2.08. The van der Waals surface area contributed by atoms with Gasteiger partial charge >= 0.3 is 0 Å². The molecule has 4 rings (SSSR count). The summed E-state index contributed by atoms with van der Waals surface area (Å²) in [6, 6.07) is 16.5. The summed E-state index contributed by atoms with van der Waals surface area (Å²) < 4.78 is 1.72. The van der Waals surface area contributed by atoms with Gasteiger partial charge in [0.25, 0.3) is 0 Å². The zero-order chi connectivity index (χ0) is 18.1. The molecule has 0 aliphatic heterocycles. The van der Waals surface area contributed by atoms with E-state index in [4.69, 9.17) is 11.6 Å². The van der Waals surface area contributed by atoms with E-state index in [2.05, 4.69) is 20.6 Å². The number of halogens is 1. The normalized spacial score (nSPS) is 11.0. The van der Waals surface area contributed by atoms with Crippen LogP contribution in [-0.4, -0.2) is 24.9 Å². The molecule has 0 unspecified atom stereocenters. The van der Waals surface area contributed by atoms with Gasteiger partial charge in [-0.1, -0.05) is 23.7 Å². The first-order valence-corrected chi connectivity index (χ1v) is 8.49. The van der Waals surface area contributed by atoms with Gasteiger partial charge < -0.3 is 10.4 Å². The van der Waals surface area contributed by atoms with E-state index in [1.54, 1.807) is 16.6 Å². The third-order valence-electron chi connectivity index (χ3n) is 4.06. The highest BCUT2D eigenvalue weighted by Gasteiger charge is 2.09. The van der Waals surface area contributed by atoms with Crippen molar-refractivity contribution in [2.24, 2.45) is 0 Å². The molecule has 130 valence electrons. The molecule has 2 heterocycles. The number of phenolic OH excluding ortho intramolecular Hbond substituents is 1. The predicted molar refractivity (Wildman–Crippen MR) is 101 cm³/mol. The molecule has 0 bridgehead atoms. The first kappa shape index (κ1) is 16.4. The largest absolute Gasteiger partial charge is 0.508 e. The Morgan fingerprint density at radius 1 is 1.04 bits per heavy atom. The first-order valence-electron chi connectivity index (χ1n) is 8.11. The Kier molecular flexibility index (Phi) is 4.18. The quantitative estimate of drug-likeness (QED) is 0.568. The summed E-state index contributed by atoms with van der Waals surface area (Å²) in [4.78, 5) is 0. The standard InChI is InChI=1S/C19H16ClN5O/c1-12-10-14(4-7-16(12)20)21-17-8-9-18-22-23-19(25(18)24-17)11-13-2-5-15(26)6-3-13/h2-10,26H,11H2,1H3,(H,21,24). The van der Waals surface area contributed by atoms with Crippen LogP contribution in [0.15, 0.2) is 54.6 Å². The van der Waals surface area contributed by atoms with Gasteiger partial charge in [0.05, 0.1) is 0 Å². The fraction of sp³-hybridized carbons (Fsp3) is 0.105. The molecule has 0 saturated carbocycles. The molecule has 6 nitrogen and oxygen atoms in total. The van der Waals surface area contributed by atoms with Gasteiger partial charge in [0, 0.05) is 17.1 Å². The monoisotopic (exact) mass is 365 g/mol. The lowest BCUT2D eigenvalue weighted by Crippen LogP contribution is -2.03. The maximum absolute atomic E-state index is 9.41. The Labute approximate surface area is 155 Å². The second-order valence-electron chi connectivity index (χ2n) is 6.04. The van der Waals surface area contributed by atoms with Crippen LogP contribution in [0.5, 0.6) is 5.75 Å². The average molecular weight is 366 g/mol. The molecule has 26 heavy (non-hydrogen) atoms. The molecular weight excluding hydrogens is 350 g/mol. The van der Waals surface area contributed by atoms with Gasteiger partial charge in [0.1, 0.15) is 5.75 Å². The van der Waals surface area contributed by atoms with Gasteiger partial charge in [-0.2, -0.15) is 4.52 Å². The number of benzene rings is 2. The first-order chi connectivity index (χ1) is 12.6. The highest BCUT2D eigenvalue weighted by atomic mass is 35.5. The molecule has 7 heteroatoms. The Balaban J connectivity index is 1.63. The molecule has 2 N–H and O–H groups in total. The number of hydrogen-bond acceptors (Lipinski definition) is 5. The van der Waals surface area contributed by atoms with E-state index in [1.165, 1.54) is 0 Å². The number of nitrogens with one attached hydrogen (secondary N) is 1. The van der Waals surface area contributed by atoms with E-state index in [-0.39, 0.29) is 5.75 Å². The van der Waals surface area contributed by atoms with Crippen LogP contribution < -0.4 is 5.32 Å². The minimum absolute atomic E-state index is 0.239. The highest BCUT2D eigenvalue weighted by Crippen LogP contribution is 2.22. The third-order valence-corrected chi connectivity index (χ3v) is 4.48. The van der Waals surface area contributed by atoms with Crippen LogP contribution in [-0.2, 0) is 6.42 Å². The van der Waals surface area contributed by atoms with E-state index in [9.17, 15) is 5.11 Å². The van der Waals surface area contributed by atoms with Gasteiger partial charge in [0.15, 0.2) is 17.3 Å². The van der Waals surface area contributed by atoms with E-state index in [0.29, 0.717) is 17.9 Å². The number of aryl methyl sites for hydroxylation is 1. The maximum Gasteiger partial charge on any atom is 0.178 e. The Hall–Kier alpha value is -3.12. The molecule has 0 amide bonds. The summed E-state index contributed by atoms with van der Waals surface area (Å²) in [5.74, 6) is 1.65. The topological polar surface area (TPSA) is 75.3 Å². The van der Waals surface area contributed by atoms with Crippen molar-refractivity contribution in [2.75, 3.05) is 5.32 Å². The van der Waals surface area contributed by atoms with Crippen LogP contribution in [0.3, 0.4) is 0 Å². The zero-order valence-electron chi connectivity index (χ0n) is 14.0. The van der Waals surface area contributed by atoms with Crippen LogP contribution in [0.1, 0.15) is 17.0 Å². The van der Waals surface area contributed by atoms with Gasteiger partial charge in [-0.25, -0.2) is 0 Å². The van der Waals surface area contributed by atoms with Crippen LogP contribution in [0.25, 0.3) is 5.65 Å². The zero-order valence-corrected chi connectivity index (χ0v) is 14.8. The summed E-state index contributed by atoms with van der Waals surface area (Å²) in [6.07, 6.45) is 0.567. The number of fused-ring (bicyclic) bond motifs is 1. The van der Waals surface area contributed by atoms with Crippen LogP contribution in [0, 0.1) is 6.92 Å². The lowest BCUT2D eigenvalue weighted by atomic mass is 10.1. The van der Waals surface area contributed by atoms with Gasteiger partial charge in [-0.05, 0) is 60.5 Å². The van der Waals surface area contributed by atoms with Crippen molar-refractivity contribution in [1.82, 2.24) is 19.8 Å². The summed E-state index contributed by atoms with van der Waals surface area (Å²) in [7, 11) is 0. The summed E-state index contributed by atoms with van der Waals surface area (Å²) >= 11 is 6.07.